The lowest BCUT2D eigenvalue weighted by Gasteiger charge is -2.28. The van der Waals surface area contributed by atoms with Crippen molar-refractivity contribution in [2.45, 2.75) is 25.2 Å². The zero-order chi connectivity index (χ0) is 26.2. The van der Waals surface area contributed by atoms with E-state index in [2.05, 4.69) is 121 Å². The van der Waals surface area contributed by atoms with E-state index >= 15 is 0 Å². The fourth-order valence-electron chi connectivity index (χ4n) is 6.37. The molecule has 188 valence electrons. The first-order valence-electron chi connectivity index (χ1n) is 13.8. The molecule has 8 rings (SSSR count). The fourth-order valence-corrected chi connectivity index (χ4v) is 6.64. The van der Waals surface area contributed by atoms with Gasteiger partial charge in [0, 0.05) is 10.9 Å². The number of fused-ring (bicyclic) bond motifs is 7. The van der Waals surface area contributed by atoms with Gasteiger partial charge in [-0.05, 0) is 97.2 Å². The largest absolute Gasteiger partial charge is 0.0840 e. The monoisotopic (exact) mass is 520 g/mol. The third kappa shape index (κ3) is 4.46. The molecule has 0 spiro atoms. The highest BCUT2D eigenvalue weighted by atomic mass is 35.5. The molecule has 0 heterocycles. The van der Waals surface area contributed by atoms with Crippen LogP contribution in [0.2, 0.25) is 5.02 Å². The highest BCUT2D eigenvalue weighted by Gasteiger charge is 2.25. The van der Waals surface area contributed by atoms with Crippen molar-refractivity contribution in [3.8, 4) is 0 Å². The van der Waals surface area contributed by atoms with Crippen LogP contribution in [0.3, 0.4) is 0 Å². The van der Waals surface area contributed by atoms with Gasteiger partial charge in [-0.3, -0.25) is 0 Å². The molecule has 0 aliphatic heterocycles. The van der Waals surface area contributed by atoms with E-state index in [4.69, 9.17) is 11.6 Å². The Bertz CT molecular complexity index is 1860. The summed E-state index contributed by atoms with van der Waals surface area (Å²) < 4.78 is 0. The maximum absolute atomic E-state index is 6.52. The quantitative estimate of drug-likeness (QED) is 0.149. The van der Waals surface area contributed by atoms with Crippen LogP contribution in [0.5, 0.6) is 0 Å². The van der Waals surface area contributed by atoms with E-state index in [1.165, 1.54) is 72.6 Å². The molecule has 1 atom stereocenters. The zero-order valence-corrected chi connectivity index (χ0v) is 22.5. The van der Waals surface area contributed by atoms with Crippen LogP contribution < -0.4 is 0 Å². The smallest absolute Gasteiger partial charge is 0.0444 e. The highest BCUT2D eigenvalue weighted by Crippen LogP contribution is 2.42. The van der Waals surface area contributed by atoms with Crippen LogP contribution in [-0.4, -0.2) is 0 Å². The molecule has 0 saturated heterocycles. The van der Waals surface area contributed by atoms with Gasteiger partial charge in [0.15, 0.2) is 0 Å². The lowest BCUT2D eigenvalue weighted by atomic mass is 9.77. The topological polar surface area (TPSA) is 0 Å². The molecule has 1 heteroatoms. The summed E-state index contributed by atoms with van der Waals surface area (Å²) >= 11 is 6.52. The summed E-state index contributed by atoms with van der Waals surface area (Å²) in [4.78, 5) is 0. The summed E-state index contributed by atoms with van der Waals surface area (Å²) in [5.74, 6) is 0.410. The summed E-state index contributed by atoms with van der Waals surface area (Å²) in [7, 11) is 0. The van der Waals surface area contributed by atoms with Crippen molar-refractivity contribution in [2.75, 3.05) is 0 Å². The van der Waals surface area contributed by atoms with Crippen LogP contribution in [0, 0.1) is 0 Å². The number of rotatable bonds is 1. The van der Waals surface area contributed by atoms with Gasteiger partial charge in [-0.25, -0.2) is 0 Å². The van der Waals surface area contributed by atoms with Crippen molar-refractivity contribution in [1.29, 1.82) is 0 Å². The average Bonchev–Trinajstić information content (AvgIpc) is 3.00. The van der Waals surface area contributed by atoms with Crippen LogP contribution in [0.4, 0.5) is 0 Å². The molecular formula is C38H29Cl. The summed E-state index contributed by atoms with van der Waals surface area (Å²) in [6.45, 7) is 0. The lowest BCUT2D eigenvalue weighted by Crippen LogP contribution is -2.12. The Balaban J connectivity index is 0.000000153. The second kappa shape index (κ2) is 10.2. The van der Waals surface area contributed by atoms with Crippen molar-refractivity contribution < 1.29 is 0 Å². The predicted octanol–water partition coefficient (Wildman–Crippen LogP) is 11.1. The molecule has 1 aliphatic carbocycles. The molecule has 0 amide bonds. The van der Waals surface area contributed by atoms with Crippen molar-refractivity contribution in [2.24, 2.45) is 0 Å². The molecule has 0 aromatic heterocycles. The highest BCUT2D eigenvalue weighted by molar-refractivity contribution is 6.31. The van der Waals surface area contributed by atoms with Crippen molar-refractivity contribution in [3.05, 3.63) is 155 Å². The third-order valence-electron chi connectivity index (χ3n) is 8.26. The molecule has 1 aliphatic rings. The first-order chi connectivity index (χ1) is 19.3. The molecule has 0 nitrogen and oxygen atoms in total. The van der Waals surface area contributed by atoms with Crippen LogP contribution >= 0.6 is 11.6 Å². The number of halogens is 1. The van der Waals surface area contributed by atoms with E-state index in [9.17, 15) is 0 Å². The Morgan fingerprint density at radius 2 is 1.03 bits per heavy atom. The Labute approximate surface area is 234 Å². The van der Waals surface area contributed by atoms with E-state index in [1.54, 1.807) is 0 Å². The van der Waals surface area contributed by atoms with Crippen LogP contribution in [0.1, 0.15) is 35.4 Å². The number of benzene rings is 7. The molecule has 0 radical (unpaired) electrons. The fraction of sp³-hybridized carbons (Fsp3) is 0.105. The predicted molar refractivity (Wildman–Crippen MR) is 169 cm³/mol. The van der Waals surface area contributed by atoms with Gasteiger partial charge in [-0.2, -0.15) is 0 Å². The number of hydrogen-bond acceptors (Lipinski definition) is 0. The maximum atomic E-state index is 6.52. The third-order valence-corrected chi connectivity index (χ3v) is 8.61. The van der Waals surface area contributed by atoms with Crippen molar-refractivity contribution >= 4 is 54.7 Å². The van der Waals surface area contributed by atoms with Gasteiger partial charge in [-0.1, -0.05) is 127 Å². The molecule has 0 fully saturated rings. The summed E-state index contributed by atoms with van der Waals surface area (Å²) in [5.41, 5.74) is 4.24. The molecule has 1 unspecified atom stereocenters. The second-order valence-corrected chi connectivity index (χ2v) is 10.9. The standard InChI is InChI=1S/C24H19Cl.C14H10/c25-24-11-4-3-8-23(24)19-10-5-9-18-21-13-12-16-6-1-2-7-17(16)20(21)14-15-22(18)19;1-2-6-12-10-14-8-4-3-7-13(14)9-11(12)5-1/h1-4,6-8,11-15,19H,5,9-10H2;1-10H. The van der Waals surface area contributed by atoms with Gasteiger partial charge in [0.1, 0.15) is 0 Å². The molecule has 7 aromatic rings. The second-order valence-electron chi connectivity index (χ2n) is 10.5. The molecule has 0 saturated carbocycles. The van der Waals surface area contributed by atoms with Crippen LogP contribution in [0.15, 0.2) is 133 Å². The SMILES string of the molecule is Clc1ccccc1C1CCCc2c1ccc1c2ccc2ccccc21.c1ccc2cc3ccccc3cc2c1. The van der Waals surface area contributed by atoms with Gasteiger partial charge in [0.25, 0.3) is 0 Å². The molecule has 0 N–H and O–H groups in total. The number of aryl methyl sites for hydroxylation is 1. The van der Waals surface area contributed by atoms with Gasteiger partial charge in [0.2, 0.25) is 0 Å². The van der Waals surface area contributed by atoms with Crippen molar-refractivity contribution in [3.63, 3.8) is 0 Å². The molecule has 0 bridgehead atoms. The summed E-state index contributed by atoms with van der Waals surface area (Å²) in [6, 6.07) is 47.6. The first-order valence-corrected chi connectivity index (χ1v) is 14.2. The van der Waals surface area contributed by atoms with E-state index in [-0.39, 0.29) is 0 Å². The zero-order valence-electron chi connectivity index (χ0n) is 21.8. The Kier molecular flexibility index (Phi) is 6.27. The van der Waals surface area contributed by atoms with Gasteiger partial charge in [-0.15, -0.1) is 0 Å². The van der Waals surface area contributed by atoms with E-state index in [0.717, 1.165) is 11.4 Å². The number of hydrogen-bond donors (Lipinski definition) is 0. The Morgan fingerprint density at radius 1 is 0.462 bits per heavy atom. The lowest BCUT2D eigenvalue weighted by molar-refractivity contribution is 0.619. The minimum atomic E-state index is 0.410. The normalized spacial score (nSPS) is 14.7. The Hall–Kier alpha value is -4.13. The van der Waals surface area contributed by atoms with Crippen LogP contribution in [0.25, 0.3) is 43.1 Å². The maximum Gasteiger partial charge on any atom is 0.0444 e. The average molecular weight is 521 g/mol. The van der Waals surface area contributed by atoms with Crippen molar-refractivity contribution in [1.82, 2.24) is 0 Å². The summed E-state index contributed by atoms with van der Waals surface area (Å²) in [5, 5.41) is 11.6. The molecule has 39 heavy (non-hydrogen) atoms. The van der Waals surface area contributed by atoms with Crippen LogP contribution in [-0.2, 0) is 6.42 Å². The van der Waals surface area contributed by atoms with Gasteiger partial charge in [0.05, 0.1) is 0 Å². The Morgan fingerprint density at radius 3 is 1.69 bits per heavy atom. The first kappa shape index (κ1) is 23.9. The van der Waals surface area contributed by atoms with E-state index in [0.29, 0.717) is 5.92 Å². The summed E-state index contributed by atoms with van der Waals surface area (Å²) in [6.07, 6.45) is 3.55. The molecular weight excluding hydrogens is 492 g/mol. The van der Waals surface area contributed by atoms with E-state index in [1.807, 2.05) is 12.1 Å². The minimum Gasteiger partial charge on any atom is -0.0840 e. The molecule has 7 aromatic carbocycles. The van der Waals surface area contributed by atoms with E-state index < -0.39 is 0 Å². The minimum absolute atomic E-state index is 0.410. The van der Waals surface area contributed by atoms with Gasteiger partial charge >= 0.3 is 0 Å². The van der Waals surface area contributed by atoms with Gasteiger partial charge < -0.3 is 0 Å².